The van der Waals surface area contributed by atoms with Crippen LogP contribution in [0.15, 0.2) is 71.3 Å². The Morgan fingerprint density at radius 3 is 2.45 bits per heavy atom. The van der Waals surface area contributed by atoms with Crippen LogP contribution in [0.2, 0.25) is 0 Å². The molecule has 0 saturated carbocycles. The molecule has 8 nitrogen and oxygen atoms in total. The third-order valence-electron chi connectivity index (χ3n) is 5.42. The van der Waals surface area contributed by atoms with Gasteiger partial charge in [0.05, 0.1) is 29.4 Å². The lowest BCUT2D eigenvalue weighted by molar-refractivity contribution is 0.102. The van der Waals surface area contributed by atoms with Gasteiger partial charge in [0.1, 0.15) is 11.4 Å². The van der Waals surface area contributed by atoms with Gasteiger partial charge in [-0.3, -0.25) is 14.8 Å². The number of carbonyl (C=O) groups is 1. The normalized spacial score (nSPS) is 11.0. The Morgan fingerprint density at radius 2 is 1.73 bits per heavy atom. The van der Waals surface area contributed by atoms with E-state index in [0.717, 1.165) is 16.9 Å². The molecule has 0 radical (unpaired) electrons. The van der Waals surface area contributed by atoms with Gasteiger partial charge in [-0.2, -0.15) is 5.10 Å². The van der Waals surface area contributed by atoms with Crippen molar-refractivity contribution >= 4 is 22.8 Å². The van der Waals surface area contributed by atoms with Gasteiger partial charge in [-0.05, 0) is 37.3 Å². The molecule has 0 fully saturated rings. The summed E-state index contributed by atoms with van der Waals surface area (Å²) in [6.07, 6.45) is 0. The SMILES string of the molecule is COc1ccc(-c2cc(C(=O)Nc3cc(-c4ccccc4)no3)c3c(C)nn(C)c3n2)cc1. The van der Waals surface area contributed by atoms with Gasteiger partial charge in [0, 0.05) is 24.2 Å². The average Bonchev–Trinajstić information content (AvgIpc) is 3.43. The molecule has 5 rings (SSSR count). The van der Waals surface area contributed by atoms with Crippen LogP contribution in [0.5, 0.6) is 5.75 Å². The smallest absolute Gasteiger partial charge is 0.258 e. The molecule has 33 heavy (non-hydrogen) atoms. The fourth-order valence-electron chi connectivity index (χ4n) is 3.79. The molecule has 0 saturated heterocycles. The van der Waals surface area contributed by atoms with Crippen molar-refractivity contribution in [3.8, 4) is 28.3 Å². The molecular weight excluding hydrogens is 418 g/mol. The summed E-state index contributed by atoms with van der Waals surface area (Å²) in [6, 6.07) is 20.6. The first-order valence-electron chi connectivity index (χ1n) is 10.4. The molecule has 0 aliphatic carbocycles. The number of carbonyl (C=O) groups excluding carboxylic acids is 1. The van der Waals surface area contributed by atoms with E-state index < -0.39 is 0 Å². The number of nitrogens with one attached hydrogen (secondary N) is 1. The number of ether oxygens (including phenoxy) is 1. The summed E-state index contributed by atoms with van der Waals surface area (Å²) in [5.74, 6) is 0.675. The molecule has 2 aromatic carbocycles. The number of hydrogen-bond donors (Lipinski definition) is 1. The number of pyridine rings is 1. The van der Waals surface area contributed by atoms with Crippen molar-refractivity contribution in [1.82, 2.24) is 19.9 Å². The zero-order valence-corrected chi connectivity index (χ0v) is 18.4. The number of benzene rings is 2. The summed E-state index contributed by atoms with van der Waals surface area (Å²) in [5, 5.41) is 12.0. The Labute approximate surface area is 189 Å². The van der Waals surface area contributed by atoms with Crippen LogP contribution in [0.3, 0.4) is 0 Å². The van der Waals surface area contributed by atoms with Gasteiger partial charge in [-0.1, -0.05) is 35.5 Å². The molecule has 1 N–H and O–H groups in total. The van der Waals surface area contributed by atoms with Gasteiger partial charge in [0.25, 0.3) is 5.91 Å². The Balaban J connectivity index is 1.53. The largest absolute Gasteiger partial charge is 0.497 e. The summed E-state index contributed by atoms with van der Waals surface area (Å²) in [5.41, 5.74) is 4.84. The highest BCUT2D eigenvalue weighted by molar-refractivity contribution is 6.13. The lowest BCUT2D eigenvalue weighted by Crippen LogP contribution is -2.13. The maximum atomic E-state index is 13.3. The van der Waals surface area contributed by atoms with Crippen molar-refractivity contribution in [2.45, 2.75) is 6.92 Å². The summed E-state index contributed by atoms with van der Waals surface area (Å²) in [4.78, 5) is 18.1. The fraction of sp³-hybridized carbons (Fsp3) is 0.120. The molecule has 0 aliphatic heterocycles. The van der Waals surface area contributed by atoms with Gasteiger partial charge in [-0.25, -0.2) is 4.98 Å². The molecule has 0 aliphatic rings. The topological polar surface area (TPSA) is 95.1 Å². The predicted octanol–water partition coefficient (Wildman–Crippen LogP) is 4.86. The van der Waals surface area contributed by atoms with Gasteiger partial charge in [0.15, 0.2) is 5.65 Å². The van der Waals surface area contributed by atoms with Crippen molar-refractivity contribution in [2.75, 3.05) is 12.4 Å². The first-order valence-corrected chi connectivity index (χ1v) is 10.4. The number of aryl methyl sites for hydroxylation is 2. The highest BCUT2D eigenvalue weighted by atomic mass is 16.5. The summed E-state index contributed by atoms with van der Waals surface area (Å²) >= 11 is 0. The van der Waals surface area contributed by atoms with E-state index in [-0.39, 0.29) is 11.8 Å². The molecule has 0 bridgehead atoms. The minimum atomic E-state index is -0.330. The van der Waals surface area contributed by atoms with Crippen LogP contribution < -0.4 is 10.1 Å². The lowest BCUT2D eigenvalue weighted by Gasteiger charge is -2.08. The number of hydrogen-bond acceptors (Lipinski definition) is 6. The number of fused-ring (bicyclic) bond motifs is 1. The number of anilines is 1. The number of rotatable bonds is 5. The zero-order chi connectivity index (χ0) is 22.9. The van der Waals surface area contributed by atoms with Gasteiger partial charge >= 0.3 is 0 Å². The monoisotopic (exact) mass is 439 g/mol. The summed E-state index contributed by atoms with van der Waals surface area (Å²) in [6.45, 7) is 1.86. The molecule has 8 heteroatoms. The van der Waals surface area contributed by atoms with E-state index in [2.05, 4.69) is 15.6 Å². The third kappa shape index (κ3) is 3.82. The number of methoxy groups -OCH3 is 1. The summed E-state index contributed by atoms with van der Waals surface area (Å²) < 4.78 is 12.3. The Morgan fingerprint density at radius 1 is 1.00 bits per heavy atom. The molecule has 0 unspecified atom stereocenters. The molecule has 0 atom stereocenters. The van der Waals surface area contributed by atoms with Crippen molar-refractivity contribution in [1.29, 1.82) is 0 Å². The number of aromatic nitrogens is 4. The average molecular weight is 439 g/mol. The van der Waals surface area contributed by atoms with Crippen molar-refractivity contribution in [2.24, 2.45) is 7.05 Å². The van der Waals surface area contributed by atoms with E-state index in [0.29, 0.717) is 33.7 Å². The van der Waals surface area contributed by atoms with Crippen molar-refractivity contribution in [3.63, 3.8) is 0 Å². The van der Waals surface area contributed by atoms with Crippen LogP contribution in [0.4, 0.5) is 5.88 Å². The van der Waals surface area contributed by atoms with Crippen molar-refractivity contribution < 1.29 is 14.1 Å². The predicted molar refractivity (Wildman–Crippen MR) is 125 cm³/mol. The Bertz CT molecular complexity index is 1450. The molecule has 3 heterocycles. The molecule has 1 amide bonds. The highest BCUT2D eigenvalue weighted by Gasteiger charge is 2.20. The van der Waals surface area contributed by atoms with Gasteiger partial charge < -0.3 is 9.26 Å². The van der Waals surface area contributed by atoms with E-state index in [1.54, 1.807) is 23.9 Å². The van der Waals surface area contributed by atoms with E-state index in [1.807, 2.05) is 68.6 Å². The summed E-state index contributed by atoms with van der Waals surface area (Å²) in [7, 11) is 3.43. The van der Waals surface area contributed by atoms with E-state index in [4.69, 9.17) is 14.2 Å². The first-order chi connectivity index (χ1) is 16.0. The van der Waals surface area contributed by atoms with Crippen LogP contribution >= 0.6 is 0 Å². The minimum absolute atomic E-state index is 0.261. The second-order valence-electron chi connectivity index (χ2n) is 7.59. The molecule has 0 spiro atoms. The molecule has 3 aromatic heterocycles. The zero-order valence-electron chi connectivity index (χ0n) is 18.4. The van der Waals surface area contributed by atoms with E-state index in [1.165, 1.54) is 0 Å². The number of amides is 1. The van der Waals surface area contributed by atoms with Crippen molar-refractivity contribution in [3.05, 3.63) is 78.0 Å². The maximum absolute atomic E-state index is 13.3. The first kappa shape index (κ1) is 20.4. The van der Waals surface area contributed by atoms with Crippen LogP contribution in [-0.2, 0) is 7.05 Å². The maximum Gasteiger partial charge on any atom is 0.258 e. The molecular formula is C25H21N5O3. The number of nitrogens with zero attached hydrogens (tertiary/aromatic N) is 4. The van der Waals surface area contributed by atoms with E-state index in [9.17, 15) is 4.79 Å². The Hall–Kier alpha value is -4.46. The standard InChI is InChI=1S/C25H21N5O3/c1-15-23-19(25(31)27-22-14-21(29-33-22)16-7-5-4-6-8-16)13-20(26-24(23)30(2)28-15)17-9-11-18(32-3)12-10-17/h4-14H,1-3H3,(H,27,31). The minimum Gasteiger partial charge on any atom is -0.497 e. The van der Waals surface area contributed by atoms with Gasteiger partial charge in [-0.15, -0.1) is 0 Å². The molecule has 164 valence electrons. The highest BCUT2D eigenvalue weighted by Crippen LogP contribution is 2.29. The Kier molecular flexibility index (Phi) is 5.10. The van der Waals surface area contributed by atoms with Crippen LogP contribution in [-0.4, -0.2) is 32.9 Å². The second-order valence-corrected chi connectivity index (χ2v) is 7.59. The van der Waals surface area contributed by atoms with Crippen LogP contribution in [0.1, 0.15) is 16.1 Å². The third-order valence-corrected chi connectivity index (χ3v) is 5.42. The van der Waals surface area contributed by atoms with Crippen LogP contribution in [0, 0.1) is 6.92 Å². The molecule has 5 aromatic rings. The lowest BCUT2D eigenvalue weighted by atomic mass is 10.0. The fourth-order valence-corrected chi connectivity index (χ4v) is 3.79. The quantitative estimate of drug-likeness (QED) is 0.420. The van der Waals surface area contributed by atoms with Gasteiger partial charge in [0.2, 0.25) is 5.88 Å². The second kappa shape index (κ2) is 8.23. The van der Waals surface area contributed by atoms with E-state index >= 15 is 0 Å². The van der Waals surface area contributed by atoms with Crippen LogP contribution in [0.25, 0.3) is 33.5 Å².